The van der Waals surface area contributed by atoms with E-state index in [1.807, 2.05) is 39.8 Å². The number of thioether (sulfide) groups is 1. The van der Waals surface area contributed by atoms with E-state index in [0.29, 0.717) is 13.0 Å². The minimum absolute atomic E-state index is 0.0808. The Morgan fingerprint density at radius 2 is 2.03 bits per heavy atom. The molecule has 0 saturated heterocycles. The molecule has 2 heterocycles. The minimum Gasteiger partial charge on any atom is -0.337 e. The summed E-state index contributed by atoms with van der Waals surface area (Å²) in [6.07, 6.45) is 6.74. The van der Waals surface area contributed by atoms with Crippen LogP contribution in [-0.4, -0.2) is 32.7 Å². The van der Waals surface area contributed by atoms with E-state index in [1.54, 1.807) is 17.5 Å². The van der Waals surface area contributed by atoms with Crippen LogP contribution in [0.15, 0.2) is 66.1 Å². The molecule has 1 amide bonds. The number of rotatable bonds is 9. The first-order valence-electron chi connectivity index (χ1n) is 10.5. The highest BCUT2D eigenvalue weighted by molar-refractivity contribution is 7.99. The van der Waals surface area contributed by atoms with E-state index in [-0.39, 0.29) is 5.91 Å². The predicted octanol–water partition coefficient (Wildman–Crippen LogP) is 5.58. The molecule has 0 unspecified atom stereocenters. The lowest BCUT2D eigenvalue weighted by Crippen LogP contribution is -2.33. The van der Waals surface area contributed by atoms with Crippen LogP contribution in [0.1, 0.15) is 24.5 Å². The molecule has 5 nitrogen and oxygen atoms in total. The van der Waals surface area contributed by atoms with E-state index >= 15 is 0 Å². The number of nitrogens with zero attached hydrogens (tertiary/aromatic N) is 4. The molecule has 31 heavy (non-hydrogen) atoms. The van der Waals surface area contributed by atoms with Gasteiger partial charge in [-0.15, -0.1) is 11.8 Å². The predicted molar refractivity (Wildman–Crippen MR) is 130 cm³/mol. The largest absolute Gasteiger partial charge is 0.337 e. The molecule has 4 aromatic rings. The Morgan fingerprint density at radius 1 is 1.19 bits per heavy atom. The highest BCUT2D eigenvalue weighted by Crippen LogP contribution is 2.30. The molecule has 0 N–H and O–H groups in total. The van der Waals surface area contributed by atoms with Crippen LogP contribution in [0.3, 0.4) is 0 Å². The Kier molecular flexibility index (Phi) is 7.04. The molecule has 0 aliphatic heterocycles. The molecule has 0 atom stereocenters. The third-order valence-electron chi connectivity index (χ3n) is 5.01. The number of aromatic nitrogens is 3. The SMILES string of the molecule is CCSc1ccc(CC(=O)N(CCCn2ccnc2)c2nc3ccc(C)cc3s2)cc1. The van der Waals surface area contributed by atoms with Gasteiger partial charge in [-0.3, -0.25) is 9.69 Å². The quantitative estimate of drug-likeness (QED) is 0.312. The van der Waals surface area contributed by atoms with E-state index in [4.69, 9.17) is 4.98 Å². The summed E-state index contributed by atoms with van der Waals surface area (Å²) in [6.45, 7) is 5.66. The van der Waals surface area contributed by atoms with Gasteiger partial charge in [-0.05, 0) is 54.5 Å². The smallest absolute Gasteiger partial charge is 0.233 e. The molecule has 160 valence electrons. The Morgan fingerprint density at radius 3 is 2.77 bits per heavy atom. The van der Waals surface area contributed by atoms with Gasteiger partial charge in [-0.1, -0.05) is 36.5 Å². The molecule has 0 saturated carbocycles. The molecule has 0 spiro atoms. The lowest BCUT2D eigenvalue weighted by atomic mass is 10.1. The molecule has 2 aromatic heterocycles. The normalized spacial score (nSPS) is 11.2. The summed E-state index contributed by atoms with van der Waals surface area (Å²) >= 11 is 3.40. The molecule has 0 bridgehead atoms. The number of thiazole rings is 1. The van der Waals surface area contributed by atoms with E-state index in [9.17, 15) is 4.79 Å². The molecule has 7 heteroatoms. The van der Waals surface area contributed by atoms with E-state index < -0.39 is 0 Å². The zero-order chi connectivity index (χ0) is 21.6. The lowest BCUT2D eigenvalue weighted by molar-refractivity contribution is -0.118. The molecule has 0 fully saturated rings. The number of amides is 1. The van der Waals surface area contributed by atoms with Crippen LogP contribution < -0.4 is 4.90 Å². The monoisotopic (exact) mass is 450 g/mol. The number of fused-ring (bicyclic) bond motifs is 1. The van der Waals surface area contributed by atoms with Crippen molar-refractivity contribution in [3.05, 3.63) is 72.3 Å². The Hall–Kier alpha value is -2.64. The lowest BCUT2D eigenvalue weighted by Gasteiger charge is -2.20. The van der Waals surface area contributed by atoms with Gasteiger partial charge < -0.3 is 4.57 Å². The summed E-state index contributed by atoms with van der Waals surface area (Å²) in [7, 11) is 0. The fraction of sp³-hybridized carbons (Fsp3) is 0.292. The highest BCUT2D eigenvalue weighted by Gasteiger charge is 2.20. The van der Waals surface area contributed by atoms with Gasteiger partial charge in [0.2, 0.25) is 5.91 Å². The van der Waals surface area contributed by atoms with Gasteiger partial charge in [-0.25, -0.2) is 9.97 Å². The van der Waals surface area contributed by atoms with E-state index in [2.05, 4.69) is 55.2 Å². The van der Waals surface area contributed by atoms with Crippen molar-refractivity contribution in [3.8, 4) is 0 Å². The van der Waals surface area contributed by atoms with E-state index in [1.165, 1.54) is 10.5 Å². The average molecular weight is 451 g/mol. The molecular formula is C24H26N4OS2. The van der Waals surface area contributed by atoms with Crippen molar-refractivity contribution in [1.29, 1.82) is 0 Å². The van der Waals surface area contributed by atoms with Crippen molar-refractivity contribution in [2.24, 2.45) is 0 Å². The molecule has 0 radical (unpaired) electrons. The van der Waals surface area contributed by atoms with Crippen molar-refractivity contribution in [2.45, 2.75) is 38.1 Å². The number of anilines is 1. The van der Waals surface area contributed by atoms with Crippen LogP contribution in [0.4, 0.5) is 5.13 Å². The second-order valence-electron chi connectivity index (χ2n) is 7.42. The van der Waals surface area contributed by atoms with Gasteiger partial charge in [0, 0.05) is 30.4 Å². The van der Waals surface area contributed by atoms with Crippen LogP contribution in [-0.2, 0) is 17.8 Å². The van der Waals surface area contributed by atoms with Gasteiger partial charge in [0.15, 0.2) is 5.13 Å². The maximum absolute atomic E-state index is 13.3. The second-order valence-corrected chi connectivity index (χ2v) is 9.77. The van der Waals surface area contributed by atoms with Crippen LogP contribution in [0.2, 0.25) is 0 Å². The van der Waals surface area contributed by atoms with Crippen LogP contribution in [0.25, 0.3) is 10.2 Å². The van der Waals surface area contributed by atoms with Crippen molar-refractivity contribution in [1.82, 2.24) is 14.5 Å². The van der Waals surface area contributed by atoms with Crippen LogP contribution in [0, 0.1) is 6.92 Å². The maximum Gasteiger partial charge on any atom is 0.233 e. The molecular weight excluding hydrogens is 424 g/mol. The first kappa shape index (κ1) is 21.6. The van der Waals surface area contributed by atoms with Crippen LogP contribution >= 0.6 is 23.1 Å². The first-order valence-corrected chi connectivity index (χ1v) is 12.3. The highest BCUT2D eigenvalue weighted by atomic mass is 32.2. The van der Waals surface area contributed by atoms with Gasteiger partial charge in [0.1, 0.15) is 0 Å². The van der Waals surface area contributed by atoms with Gasteiger partial charge in [0.05, 0.1) is 23.0 Å². The summed E-state index contributed by atoms with van der Waals surface area (Å²) in [5, 5.41) is 0.773. The number of hydrogen-bond acceptors (Lipinski definition) is 5. The number of benzene rings is 2. The third kappa shape index (κ3) is 5.54. The molecule has 0 aliphatic carbocycles. The zero-order valence-corrected chi connectivity index (χ0v) is 19.5. The molecule has 0 aliphatic rings. The fourth-order valence-electron chi connectivity index (χ4n) is 3.43. The standard InChI is InChI=1S/C24H26N4OS2/c1-3-30-20-8-6-19(7-9-20)16-23(29)28(13-4-12-27-14-11-25-17-27)24-26-21-10-5-18(2)15-22(21)31-24/h5-11,14-15,17H,3-4,12-13,16H2,1-2H3. The van der Waals surface area contributed by atoms with Crippen molar-refractivity contribution >= 4 is 44.4 Å². The summed E-state index contributed by atoms with van der Waals surface area (Å²) in [5.41, 5.74) is 3.17. The average Bonchev–Trinajstić information content (AvgIpc) is 3.42. The second kappa shape index (κ2) is 10.1. The Labute approximate surface area is 191 Å². The van der Waals surface area contributed by atoms with Crippen molar-refractivity contribution in [2.75, 3.05) is 17.2 Å². The first-order chi connectivity index (χ1) is 15.1. The number of imidazole rings is 1. The minimum atomic E-state index is 0.0808. The number of hydrogen-bond donors (Lipinski definition) is 0. The number of carbonyl (C=O) groups excluding carboxylic acids is 1. The van der Waals surface area contributed by atoms with Crippen molar-refractivity contribution < 1.29 is 4.79 Å². The maximum atomic E-state index is 13.3. The van der Waals surface area contributed by atoms with Gasteiger partial charge in [-0.2, -0.15) is 0 Å². The van der Waals surface area contributed by atoms with Crippen molar-refractivity contribution in [3.63, 3.8) is 0 Å². The fourth-order valence-corrected chi connectivity index (χ4v) is 5.20. The van der Waals surface area contributed by atoms with E-state index in [0.717, 1.165) is 39.6 Å². The zero-order valence-electron chi connectivity index (χ0n) is 17.8. The molecule has 2 aromatic carbocycles. The molecule has 4 rings (SSSR count). The van der Waals surface area contributed by atoms with Gasteiger partial charge in [0.25, 0.3) is 0 Å². The topological polar surface area (TPSA) is 51.0 Å². The Bertz CT molecular complexity index is 1140. The number of carbonyl (C=O) groups is 1. The third-order valence-corrected chi connectivity index (χ3v) is 6.95. The van der Waals surface area contributed by atoms with Gasteiger partial charge >= 0.3 is 0 Å². The van der Waals surface area contributed by atoms with Crippen LogP contribution in [0.5, 0.6) is 0 Å². The number of aryl methyl sites for hydroxylation is 2. The summed E-state index contributed by atoms with van der Waals surface area (Å²) < 4.78 is 3.15. The summed E-state index contributed by atoms with van der Waals surface area (Å²) in [5.74, 6) is 1.12. The summed E-state index contributed by atoms with van der Waals surface area (Å²) in [6, 6.07) is 14.5. The summed E-state index contributed by atoms with van der Waals surface area (Å²) in [4.78, 5) is 25.3. The Balaban J connectivity index is 1.53.